The SMILES string of the molecule is CCCNc1nc(Nc2ccc3ncsc3c2)ncc1C#CCCCNC(=O)CN(C)C(=O)OC(C)(C)C. The molecule has 3 N–H and O–H groups in total. The lowest BCUT2D eigenvalue weighted by molar-refractivity contribution is -0.122. The van der Waals surface area contributed by atoms with Gasteiger partial charge in [-0.2, -0.15) is 4.98 Å². The molecule has 38 heavy (non-hydrogen) atoms. The maximum Gasteiger partial charge on any atom is 0.410 e. The first-order chi connectivity index (χ1) is 18.1. The first kappa shape index (κ1) is 28.7. The summed E-state index contributed by atoms with van der Waals surface area (Å²) < 4.78 is 6.34. The van der Waals surface area contributed by atoms with E-state index in [1.165, 1.54) is 11.9 Å². The van der Waals surface area contributed by atoms with E-state index in [0.29, 0.717) is 36.7 Å². The maximum absolute atomic E-state index is 12.1. The third-order valence-electron chi connectivity index (χ3n) is 5.03. The van der Waals surface area contributed by atoms with Crippen LogP contribution in [0.3, 0.4) is 0 Å². The first-order valence-electron chi connectivity index (χ1n) is 12.6. The van der Waals surface area contributed by atoms with Crippen molar-refractivity contribution in [2.75, 3.05) is 37.3 Å². The lowest BCUT2D eigenvalue weighted by Gasteiger charge is -2.24. The Morgan fingerprint density at radius 1 is 1.18 bits per heavy atom. The normalized spacial score (nSPS) is 10.9. The predicted octanol–water partition coefficient (Wildman–Crippen LogP) is 4.77. The number of anilines is 3. The van der Waals surface area contributed by atoms with E-state index in [1.54, 1.807) is 38.3 Å². The molecule has 2 heterocycles. The van der Waals surface area contributed by atoms with Crippen molar-refractivity contribution in [3.05, 3.63) is 35.5 Å². The van der Waals surface area contributed by atoms with E-state index in [4.69, 9.17) is 4.74 Å². The summed E-state index contributed by atoms with van der Waals surface area (Å²) in [6, 6.07) is 5.94. The molecule has 0 aliphatic heterocycles. The highest BCUT2D eigenvalue weighted by atomic mass is 32.1. The molecule has 0 atom stereocenters. The Labute approximate surface area is 227 Å². The van der Waals surface area contributed by atoms with Crippen LogP contribution in [0.2, 0.25) is 0 Å². The van der Waals surface area contributed by atoms with Crippen LogP contribution in [0.25, 0.3) is 10.2 Å². The van der Waals surface area contributed by atoms with Gasteiger partial charge < -0.3 is 25.6 Å². The largest absolute Gasteiger partial charge is 0.444 e. The minimum atomic E-state index is -0.606. The Balaban J connectivity index is 1.50. The van der Waals surface area contributed by atoms with Gasteiger partial charge >= 0.3 is 6.09 Å². The molecule has 0 saturated heterocycles. The van der Waals surface area contributed by atoms with E-state index in [9.17, 15) is 9.59 Å². The molecule has 10 nitrogen and oxygen atoms in total. The van der Waals surface area contributed by atoms with Crippen molar-refractivity contribution in [2.24, 2.45) is 0 Å². The molecule has 0 aliphatic carbocycles. The van der Waals surface area contributed by atoms with Crippen molar-refractivity contribution >= 4 is 51.0 Å². The summed E-state index contributed by atoms with van der Waals surface area (Å²) in [7, 11) is 1.53. The maximum atomic E-state index is 12.1. The molecule has 3 aromatic rings. The fourth-order valence-corrected chi connectivity index (χ4v) is 3.93. The summed E-state index contributed by atoms with van der Waals surface area (Å²) in [4.78, 5) is 38.7. The fourth-order valence-electron chi connectivity index (χ4n) is 3.21. The lowest BCUT2D eigenvalue weighted by atomic mass is 10.2. The molecule has 3 rings (SSSR count). The van der Waals surface area contributed by atoms with Gasteiger partial charge in [-0.1, -0.05) is 18.8 Å². The minimum absolute atomic E-state index is 0.0666. The number of hydrogen-bond donors (Lipinski definition) is 3. The number of hydrogen-bond acceptors (Lipinski definition) is 9. The van der Waals surface area contributed by atoms with Crippen LogP contribution in [0.4, 0.5) is 22.2 Å². The van der Waals surface area contributed by atoms with Crippen molar-refractivity contribution in [2.45, 2.75) is 52.6 Å². The van der Waals surface area contributed by atoms with E-state index in [0.717, 1.165) is 28.9 Å². The van der Waals surface area contributed by atoms with Gasteiger partial charge in [-0.05, 0) is 51.8 Å². The quantitative estimate of drug-likeness (QED) is 0.250. The van der Waals surface area contributed by atoms with Crippen LogP contribution in [-0.2, 0) is 9.53 Å². The number of ether oxygens (including phenoxy) is 1. The molecule has 11 heteroatoms. The Hall–Kier alpha value is -3.91. The highest BCUT2D eigenvalue weighted by Crippen LogP contribution is 2.24. The zero-order valence-electron chi connectivity index (χ0n) is 22.6. The summed E-state index contributed by atoms with van der Waals surface area (Å²) in [6.07, 6.45) is 3.39. The Morgan fingerprint density at radius 2 is 2.00 bits per heavy atom. The summed E-state index contributed by atoms with van der Waals surface area (Å²) in [5.74, 6) is 7.18. The number of unbranched alkanes of at least 4 members (excludes halogenated alkanes) is 1. The van der Waals surface area contributed by atoms with E-state index < -0.39 is 11.7 Å². The number of rotatable bonds is 10. The van der Waals surface area contributed by atoms with Gasteiger partial charge in [0.05, 0.1) is 27.5 Å². The second kappa shape index (κ2) is 13.6. The number of fused-ring (bicyclic) bond motifs is 1. The van der Waals surface area contributed by atoms with Crippen molar-refractivity contribution < 1.29 is 14.3 Å². The third kappa shape index (κ3) is 9.19. The van der Waals surface area contributed by atoms with Gasteiger partial charge in [-0.3, -0.25) is 4.79 Å². The zero-order chi connectivity index (χ0) is 27.5. The highest BCUT2D eigenvalue weighted by Gasteiger charge is 2.20. The number of carbonyl (C=O) groups excluding carboxylic acids is 2. The number of nitrogens with zero attached hydrogens (tertiary/aromatic N) is 4. The van der Waals surface area contributed by atoms with Crippen LogP contribution in [-0.4, -0.2) is 64.1 Å². The average molecular weight is 538 g/mol. The van der Waals surface area contributed by atoms with Crippen molar-refractivity contribution in [1.29, 1.82) is 0 Å². The number of benzene rings is 1. The topological polar surface area (TPSA) is 121 Å². The molecule has 1 aromatic carbocycles. The van der Waals surface area contributed by atoms with Gasteiger partial charge in [0.15, 0.2) is 0 Å². The molecule has 2 amide bonds. The summed E-state index contributed by atoms with van der Waals surface area (Å²) >= 11 is 1.58. The predicted molar refractivity (Wildman–Crippen MR) is 152 cm³/mol. The number of amides is 2. The molecule has 0 unspecified atom stereocenters. The standard InChI is InChI=1S/C27H35N7O3S/c1-6-13-29-24-19(16-30-25(33-24)32-20-11-12-21-22(15-20)38-18-31-21)10-8-7-9-14-28-23(35)17-34(5)26(36)37-27(2,3)4/h11-12,15-16,18H,6-7,9,13-14,17H2,1-5H3,(H,28,35)(H2,29,30,32,33). The van der Waals surface area contributed by atoms with Gasteiger partial charge in [-0.25, -0.2) is 14.8 Å². The van der Waals surface area contributed by atoms with Crippen molar-refractivity contribution in [3.8, 4) is 11.8 Å². The third-order valence-corrected chi connectivity index (χ3v) is 5.82. The van der Waals surface area contributed by atoms with Crippen LogP contribution in [0.1, 0.15) is 52.5 Å². The van der Waals surface area contributed by atoms with Gasteiger partial charge in [0.25, 0.3) is 0 Å². The molecule has 0 bridgehead atoms. The second-order valence-electron chi connectivity index (χ2n) is 9.63. The number of likely N-dealkylation sites (N-methyl/N-ethyl adjacent to an activating group) is 1. The van der Waals surface area contributed by atoms with Gasteiger partial charge in [0.2, 0.25) is 11.9 Å². The van der Waals surface area contributed by atoms with E-state index in [2.05, 4.69) is 49.7 Å². The summed E-state index contributed by atoms with van der Waals surface area (Å²) in [6.45, 7) is 8.59. The van der Waals surface area contributed by atoms with Crippen molar-refractivity contribution in [3.63, 3.8) is 0 Å². The number of nitrogens with one attached hydrogen (secondary N) is 3. The molecule has 202 valence electrons. The average Bonchev–Trinajstić information content (AvgIpc) is 3.32. The van der Waals surface area contributed by atoms with Gasteiger partial charge in [0, 0.05) is 32.2 Å². The molecule has 0 aliphatic rings. The van der Waals surface area contributed by atoms with Gasteiger partial charge in [0.1, 0.15) is 18.0 Å². The summed E-state index contributed by atoms with van der Waals surface area (Å²) in [5, 5.41) is 9.38. The monoisotopic (exact) mass is 537 g/mol. The fraction of sp³-hybridized carbons (Fsp3) is 0.444. The molecule has 0 fully saturated rings. The lowest BCUT2D eigenvalue weighted by Crippen LogP contribution is -2.41. The van der Waals surface area contributed by atoms with Crippen LogP contribution in [0, 0.1) is 11.8 Å². The second-order valence-corrected chi connectivity index (χ2v) is 10.5. The molecule has 2 aromatic heterocycles. The molecule has 0 spiro atoms. The summed E-state index contributed by atoms with van der Waals surface area (Å²) in [5.41, 5.74) is 3.78. The van der Waals surface area contributed by atoms with Crippen LogP contribution in [0.15, 0.2) is 29.9 Å². The number of thiazole rings is 1. The highest BCUT2D eigenvalue weighted by molar-refractivity contribution is 7.16. The van der Waals surface area contributed by atoms with Crippen molar-refractivity contribution in [1.82, 2.24) is 25.2 Å². The zero-order valence-corrected chi connectivity index (χ0v) is 23.4. The smallest absolute Gasteiger partial charge is 0.410 e. The van der Waals surface area contributed by atoms with Gasteiger partial charge in [-0.15, -0.1) is 11.3 Å². The van der Waals surface area contributed by atoms with Crippen LogP contribution >= 0.6 is 11.3 Å². The van der Waals surface area contributed by atoms with E-state index in [1.807, 2.05) is 23.7 Å². The molecular formula is C27H35N7O3S. The molecular weight excluding hydrogens is 502 g/mol. The first-order valence-corrected chi connectivity index (χ1v) is 13.4. The minimum Gasteiger partial charge on any atom is -0.444 e. The van der Waals surface area contributed by atoms with E-state index in [-0.39, 0.29) is 12.5 Å². The van der Waals surface area contributed by atoms with E-state index >= 15 is 0 Å². The van der Waals surface area contributed by atoms with Crippen LogP contribution < -0.4 is 16.0 Å². The Bertz CT molecular complexity index is 1310. The molecule has 0 saturated carbocycles. The Kier molecular flexibility index (Phi) is 10.2. The Morgan fingerprint density at radius 3 is 2.76 bits per heavy atom. The number of carbonyl (C=O) groups is 2. The van der Waals surface area contributed by atoms with Crippen LogP contribution in [0.5, 0.6) is 0 Å². The number of aromatic nitrogens is 3. The molecule has 0 radical (unpaired) electrons.